The number of nitrogens with zero attached hydrogens (tertiary/aromatic N) is 2. The number of rotatable bonds is 4. The zero-order valence-electron chi connectivity index (χ0n) is 10.9. The van der Waals surface area contributed by atoms with Crippen molar-refractivity contribution in [2.75, 3.05) is 11.1 Å². The van der Waals surface area contributed by atoms with E-state index in [1.54, 1.807) is 0 Å². The number of nitrogens with one attached hydrogen (secondary N) is 1. The van der Waals surface area contributed by atoms with E-state index in [1.807, 2.05) is 13.8 Å². The lowest BCUT2D eigenvalue weighted by Crippen LogP contribution is -2.22. The van der Waals surface area contributed by atoms with Gasteiger partial charge in [0.25, 0.3) is 0 Å². The summed E-state index contributed by atoms with van der Waals surface area (Å²) in [6, 6.07) is 0.388. The second kappa shape index (κ2) is 5.71. The highest BCUT2D eigenvalue weighted by molar-refractivity contribution is 5.66. The monoisotopic (exact) mass is 248 g/mol. The van der Waals surface area contributed by atoms with E-state index in [4.69, 9.17) is 10.5 Å². The number of allylic oxidation sites excluding steroid dienone is 1. The molecule has 1 aliphatic rings. The third-order valence-electron chi connectivity index (χ3n) is 2.80. The number of nitrogens with two attached hydrogens (primary N) is 1. The lowest BCUT2D eigenvalue weighted by molar-refractivity contribution is 0.234. The molecule has 0 saturated heterocycles. The predicted molar refractivity (Wildman–Crippen MR) is 72.6 cm³/mol. The summed E-state index contributed by atoms with van der Waals surface area (Å²) in [5.74, 6) is 1.12. The topological polar surface area (TPSA) is 73.1 Å². The van der Waals surface area contributed by atoms with Gasteiger partial charge in [0.05, 0.1) is 6.10 Å². The van der Waals surface area contributed by atoms with Crippen LogP contribution in [0.3, 0.4) is 0 Å². The van der Waals surface area contributed by atoms with Crippen molar-refractivity contribution in [3.63, 3.8) is 0 Å². The number of nitrogen functional groups attached to an aromatic ring is 1. The first kappa shape index (κ1) is 12.7. The highest BCUT2D eigenvalue weighted by Gasteiger charge is 2.15. The Bertz CT molecular complexity index is 431. The van der Waals surface area contributed by atoms with Gasteiger partial charge in [-0.05, 0) is 33.1 Å². The molecule has 0 aromatic carbocycles. The minimum absolute atomic E-state index is 0.0488. The van der Waals surface area contributed by atoms with Crippen molar-refractivity contribution in [3.8, 4) is 5.88 Å². The van der Waals surface area contributed by atoms with E-state index in [0.717, 1.165) is 19.3 Å². The first-order valence-corrected chi connectivity index (χ1v) is 6.35. The minimum Gasteiger partial charge on any atom is -0.473 e. The van der Waals surface area contributed by atoms with Gasteiger partial charge in [0.2, 0.25) is 5.88 Å². The quantitative estimate of drug-likeness (QED) is 0.800. The Morgan fingerprint density at radius 3 is 2.89 bits per heavy atom. The maximum atomic E-state index is 6.02. The van der Waals surface area contributed by atoms with Crippen molar-refractivity contribution in [3.05, 3.63) is 18.5 Å². The molecule has 0 spiro atoms. The molecule has 1 unspecified atom stereocenters. The lowest BCUT2D eigenvalue weighted by atomic mass is 10.0. The molecular weight excluding hydrogens is 228 g/mol. The van der Waals surface area contributed by atoms with Crippen molar-refractivity contribution < 1.29 is 4.74 Å². The van der Waals surface area contributed by atoms with Crippen molar-refractivity contribution in [2.45, 2.75) is 45.3 Å². The SMILES string of the molecule is CC(C)Oc1ncnc(NC2CC=CCC2)c1N. The third kappa shape index (κ3) is 3.12. The molecule has 0 amide bonds. The van der Waals surface area contributed by atoms with Gasteiger partial charge in [-0.15, -0.1) is 0 Å². The second-order valence-electron chi connectivity index (χ2n) is 4.73. The standard InChI is InChI=1S/C13H20N4O/c1-9(2)18-13-11(14)12(15-8-16-13)17-10-6-4-3-5-7-10/h3-4,8-10H,5-7,14H2,1-2H3,(H,15,16,17). The molecule has 0 saturated carbocycles. The molecule has 1 heterocycles. The Balaban J connectivity index is 2.10. The first-order chi connectivity index (χ1) is 8.66. The Hall–Kier alpha value is -1.78. The molecule has 1 aromatic heterocycles. The molecule has 3 N–H and O–H groups in total. The summed E-state index contributed by atoms with van der Waals surface area (Å²) < 4.78 is 5.54. The number of anilines is 2. The highest BCUT2D eigenvalue weighted by atomic mass is 16.5. The van der Waals surface area contributed by atoms with Crippen LogP contribution in [0.25, 0.3) is 0 Å². The molecule has 5 heteroatoms. The van der Waals surface area contributed by atoms with Crippen LogP contribution in [0.2, 0.25) is 0 Å². The number of ether oxygens (including phenoxy) is 1. The third-order valence-corrected chi connectivity index (χ3v) is 2.80. The van der Waals surface area contributed by atoms with Crippen molar-refractivity contribution in [1.82, 2.24) is 9.97 Å². The second-order valence-corrected chi connectivity index (χ2v) is 4.73. The number of hydrogen-bond donors (Lipinski definition) is 2. The van der Waals surface area contributed by atoms with Crippen LogP contribution in [0.1, 0.15) is 33.1 Å². The molecule has 2 rings (SSSR count). The van der Waals surface area contributed by atoms with Gasteiger partial charge in [0.15, 0.2) is 5.82 Å². The van der Waals surface area contributed by atoms with E-state index >= 15 is 0 Å². The van der Waals surface area contributed by atoms with E-state index < -0.39 is 0 Å². The van der Waals surface area contributed by atoms with E-state index in [9.17, 15) is 0 Å². The molecule has 5 nitrogen and oxygen atoms in total. The maximum absolute atomic E-state index is 6.02. The van der Waals surface area contributed by atoms with Crippen LogP contribution in [-0.4, -0.2) is 22.1 Å². The van der Waals surface area contributed by atoms with Gasteiger partial charge in [-0.25, -0.2) is 4.98 Å². The highest BCUT2D eigenvalue weighted by Crippen LogP contribution is 2.27. The normalized spacial score (nSPS) is 18.9. The molecule has 1 aromatic rings. The summed E-state index contributed by atoms with van der Waals surface area (Å²) in [6.45, 7) is 3.89. The predicted octanol–water partition coefficient (Wildman–Crippen LogP) is 2.37. The summed E-state index contributed by atoms with van der Waals surface area (Å²) in [7, 11) is 0. The molecule has 0 radical (unpaired) electrons. The summed E-state index contributed by atoms with van der Waals surface area (Å²) in [4.78, 5) is 8.25. The van der Waals surface area contributed by atoms with Crippen LogP contribution in [-0.2, 0) is 0 Å². The van der Waals surface area contributed by atoms with E-state index in [-0.39, 0.29) is 6.10 Å². The molecule has 98 valence electrons. The fourth-order valence-electron chi connectivity index (χ4n) is 1.93. The smallest absolute Gasteiger partial charge is 0.242 e. The number of hydrogen-bond acceptors (Lipinski definition) is 5. The van der Waals surface area contributed by atoms with Gasteiger partial charge in [-0.1, -0.05) is 12.2 Å². The summed E-state index contributed by atoms with van der Waals surface area (Å²) >= 11 is 0. The first-order valence-electron chi connectivity index (χ1n) is 6.35. The maximum Gasteiger partial charge on any atom is 0.242 e. The van der Waals surface area contributed by atoms with Gasteiger partial charge in [0, 0.05) is 6.04 Å². The Labute approximate surface area is 107 Å². The van der Waals surface area contributed by atoms with Crippen LogP contribution < -0.4 is 15.8 Å². The van der Waals surface area contributed by atoms with Gasteiger partial charge < -0.3 is 15.8 Å². The van der Waals surface area contributed by atoms with Gasteiger partial charge in [0.1, 0.15) is 12.0 Å². The lowest BCUT2D eigenvalue weighted by Gasteiger charge is -2.21. The Morgan fingerprint density at radius 2 is 2.22 bits per heavy atom. The molecule has 0 fully saturated rings. The molecule has 1 atom stereocenters. The number of aromatic nitrogens is 2. The van der Waals surface area contributed by atoms with E-state index in [2.05, 4.69) is 27.4 Å². The van der Waals surface area contributed by atoms with E-state index in [1.165, 1.54) is 6.33 Å². The van der Waals surface area contributed by atoms with Crippen LogP contribution in [0.15, 0.2) is 18.5 Å². The van der Waals surface area contributed by atoms with E-state index in [0.29, 0.717) is 23.4 Å². The zero-order chi connectivity index (χ0) is 13.0. The fourth-order valence-corrected chi connectivity index (χ4v) is 1.93. The summed E-state index contributed by atoms with van der Waals surface area (Å²) in [5.41, 5.74) is 6.51. The van der Waals surface area contributed by atoms with Crippen LogP contribution in [0.5, 0.6) is 5.88 Å². The van der Waals surface area contributed by atoms with Crippen LogP contribution in [0, 0.1) is 0 Å². The average Bonchev–Trinajstić information content (AvgIpc) is 2.35. The largest absolute Gasteiger partial charge is 0.473 e. The average molecular weight is 248 g/mol. The van der Waals surface area contributed by atoms with Crippen molar-refractivity contribution in [2.24, 2.45) is 0 Å². The van der Waals surface area contributed by atoms with Crippen molar-refractivity contribution >= 4 is 11.5 Å². The summed E-state index contributed by atoms with van der Waals surface area (Å²) in [6.07, 6.45) is 9.11. The fraction of sp³-hybridized carbons (Fsp3) is 0.538. The molecule has 0 aliphatic heterocycles. The van der Waals surface area contributed by atoms with Crippen LogP contribution in [0.4, 0.5) is 11.5 Å². The van der Waals surface area contributed by atoms with Gasteiger partial charge >= 0.3 is 0 Å². The van der Waals surface area contributed by atoms with Gasteiger partial charge in [-0.3, -0.25) is 0 Å². The Morgan fingerprint density at radius 1 is 1.39 bits per heavy atom. The molecular formula is C13H20N4O. The molecule has 18 heavy (non-hydrogen) atoms. The molecule has 1 aliphatic carbocycles. The zero-order valence-corrected chi connectivity index (χ0v) is 10.9. The summed E-state index contributed by atoms with van der Waals surface area (Å²) in [5, 5.41) is 3.36. The van der Waals surface area contributed by atoms with Crippen LogP contribution >= 0.6 is 0 Å². The van der Waals surface area contributed by atoms with Crippen molar-refractivity contribution in [1.29, 1.82) is 0 Å². The minimum atomic E-state index is 0.0488. The van der Waals surface area contributed by atoms with Gasteiger partial charge in [-0.2, -0.15) is 4.98 Å². The Kier molecular flexibility index (Phi) is 4.02. The molecule has 0 bridgehead atoms.